The van der Waals surface area contributed by atoms with Crippen molar-refractivity contribution in [2.24, 2.45) is 0 Å². The average molecular weight is 389 g/mol. The summed E-state index contributed by atoms with van der Waals surface area (Å²) >= 11 is 0. The van der Waals surface area contributed by atoms with Gasteiger partial charge in [0.25, 0.3) is 5.69 Å². The van der Waals surface area contributed by atoms with E-state index in [2.05, 4.69) is 10.3 Å². The summed E-state index contributed by atoms with van der Waals surface area (Å²) in [6.45, 7) is 0.267. The fourth-order valence-corrected chi connectivity index (χ4v) is 3.57. The van der Waals surface area contributed by atoms with Crippen LogP contribution in [0.4, 0.5) is 5.69 Å². The first-order valence-electron chi connectivity index (χ1n) is 9.22. The number of amides is 1. The van der Waals surface area contributed by atoms with Gasteiger partial charge >= 0.3 is 0 Å². The highest BCUT2D eigenvalue weighted by molar-refractivity contribution is 5.86. The zero-order chi connectivity index (χ0) is 20.2. The number of aromatic amines is 1. The van der Waals surface area contributed by atoms with E-state index in [1.807, 2.05) is 30.5 Å². The number of fused-ring (bicyclic) bond motifs is 1. The monoisotopic (exact) mass is 389 g/mol. The van der Waals surface area contributed by atoms with E-state index >= 15 is 0 Å². The Labute approximate surface area is 166 Å². The number of aromatic nitrogens is 1. The van der Waals surface area contributed by atoms with E-state index in [0.29, 0.717) is 11.3 Å². The normalized spacial score (nSPS) is 12.0. The van der Waals surface area contributed by atoms with Gasteiger partial charge in [-0.15, -0.1) is 0 Å². The van der Waals surface area contributed by atoms with Gasteiger partial charge in [-0.25, -0.2) is 0 Å². The van der Waals surface area contributed by atoms with Gasteiger partial charge in [0.05, 0.1) is 17.7 Å². The SMILES string of the molecule is O=C(CC(c1ccccc1[N+](=O)[O-])c1c[nH]c2ccccc12)NCc1ccco1. The largest absolute Gasteiger partial charge is 0.467 e. The van der Waals surface area contributed by atoms with Crippen molar-refractivity contribution in [3.63, 3.8) is 0 Å². The standard InChI is InChI=1S/C22H19N3O4/c26-22(24-13-15-6-5-11-29-15)12-18(17-8-2-4-10-21(17)25(27)28)19-14-23-20-9-3-1-7-16(19)20/h1-11,14,18,23H,12-13H2,(H,24,26). The van der Waals surface area contributed by atoms with Crippen molar-refractivity contribution in [2.45, 2.75) is 18.9 Å². The lowest BCUT2D eigenvalue weighted by Crippen LogP contribution is -2.25. The third-order valence-electron chi connectivity index (χ3n) is 4.93. The topological polar surface area (TPSA) is 101 Å². The average Bonchev–Trinajstić information content (AvgIpc) is 3.40. The molecule has 0 saturated heterocycles. The number of H-pyrrole nitrogens is 1. The van der Waals surface area contributed by atoms with Crippen LogP contribution in [0.3, 0.4) is 0 Å². The molecule has 4 rings (SSSR count). The molecule has 7 nitrogen and oxygen atoms in total. The van der Waals surface area contributed by atoms with Crippen LogP contribution < -0.4 is 5.32 Å². The van der Waals surface area contributed by atoms with E-state index in [-0.39, 0.29) is 24.6 Å². The second kappa shape index (κ2) is 8.02. The second-order valence-corrected chi connectivity index (χ2v) is 6.72. The maximum absolute atomic E-state index is 12.7. The maximum atomic E-state index is 12.7. The third kappa shape index (κ3) is 3.89. The van der Waals surface area contributed by atoms with Gasteiger partial charge in [-0.1, -0.05) is 36.4 Å². The van der Waals surface area contributed by atoms with Crippen molar-refractivity contribution in [1.82, 2.24) is 10.3 Å². The van der Waals surface area contributed by atoms with Crippen LogP contribution in [0.1, 0.15) is 29.2 Å². The molecule has 29 heavy (non-hydrogen) atoms. The first-order valence-corrected chi connectivity index (χ1v) is 9.22. The number of carbonyl (C=O) groups excluding carboxylic acids is 1. The Balaban J connectivity index is 1.70. The molecule has 2 aromatic carbocycles. The Hall–Kier alpha value is -3.87. The number of para-hydroxylation sites is 2. The summed E-state index contributed by atoms with van der Waals surface area (Å²) in [5.74, 6) is -0.0353. The molecule has 2 aromatic heterocycles. The van der Waals surface area contributed by atoms with Gasteiger partial charge in [-0.05, 0) is 23.8 Å². The van der Waals surface area contributed by atoms with Crippen molar-refractivity contribution in [3.05, 3.63) is 100 Å². The molecule has 1 atom stereocenters. The molecule has 2 N–H and O–H groups in total. The summed E-state index contributed by atoms with van der Waals surface area (Å²) in [6, 6.07) is 17.8. The molecule has 2 heterocycles. The Morgan fingerprint density at radius 2 is 1.86 bits per heavy atom. The molecule has 0 aliphatic carbocycles. The van der Waals surface area contributed by atoms with Crippen molar-refractivity contribution in [3.8, 4) is 0 Å². The van der Waals surface area contributed by atoms with Crippen LogP contribution in [0, 0.1) is 10.1 Å². The number of nitro groups is 1. The van der Waals surface area contributed by atoms with Crippen molar-refractivity contribution < 1.29 is 14.1 Å². The van der Waals surface area contributed by atoms with Gasteiger partial charge < -0.3 is 14.7 Å². The number of rotatable bonds is 7. The van der Waals surface area contributed by atoms with Gasteiger partial charge in [0.15, 0.2) is 0 Å². The lowest BCUT2D eigenvalue weighted by Gasteiger charge is -2.17. The summed E-state index contributed by atoms with van der Waals surface area (Å²) in [5.41, 5.74) is 2.28. The highest BCUT2D eigenvalue weighted by Crippen LogP contribution is 2.37. The number of hydrogen-bond donors (Lipinski definition) is 2. The number of nitrogens with zero attached hydrogens (tertiary/aromatic N) is 1. The molecule has 1 amide bonds. The van der Waals surface area contributed by atoms with Crippen LogP contribution in [0.25, 0.3) is 10.9 Å². The summed E-state index contributed by atoms with van der Waals surface area (Å²) in [5, 5.41) is 15.4. The quantitative estimate of drug-likeness (QED) is 0.359. The van der Waals surface area contributed by atoms with E-state index in [1.54, 1.807) is 36.6 Å². The van der Waals surface area contributed by atoms with Gasteiger partial charge in [0.2, 0.25) is 5.91 Å². The molecule has 0 saturated carbocycles. The Morgan fingerprint density at radius 1 is 1.07 bits per heavy atom. The summed E-state index contributed by atoms with van der Waals surface area (Å²) < 4.78 is 5.24. The van der Waals surface area contributed by atoms with Crippen molar-refractivity contribution in [2.75, 3.05) is 0 Å². The van der Waals surface area contributed by atoms with E-state index in [0.717, 1.165) is 16.5 Å². The smallest absolute Gasteiger partial charge is 0.273 e. The number of benzene rings is 2. The van der Waals surface area contributed by atoms with E-state index in [4.69, 9.17) is 4.42 Å². The molecule has 0 fully saturated rings. The minimum atomic E-state index is -0.468. The first-order chi connectivity index (χ1) is 14.1. The minimum Gasteiger partial charge on any atom is -0.467 e. The summed E-state index contributed by atoms with van der Waals surface area (Å²) in [6.07, 6.45) is 3.45. The highest BCUT2D eigenvalue weighted by Gasteiger charge is 2.27. The number of carbonyl (C=O) groups is 1. The molecule has 0 aliphatic rings. The fourth-order valence-electron chi connectivity index (χ4n) is 3.57. The van der Waals surface area contributed by atoms with E-state index < -0.39 is 10.8 Å². The van der Waals surface area contributed by atoms with Gasteiger partial charge in [0, 0.05) is 41.1 Å². The van der Waals surface area contributed by atoms with Crippen LogP contribution in [0.2, 0.25) is 0 Å². The van der Waals surface area contributed by atoms with Crippen molar-refractivity contribution in [1.29, 1.82) is 0 Å². The van der Waals surface area contributed by atoms with E-state index in [1.165, 1.54) is 6.07 Å². The Kier molecular flexibility index (Phi) is 5.11. The molecular formula is C22H19N3O4. The molecule has 1 unspecified atom stereocenters. The Morgan fingerprint density at radius 3 is 2.66 bits per heavy atom. The van der Waals surface area contributed by atoms with Crippen LogP contribution >= 0.6 is 0 Å². The van der Waals surface area contributed by atoms with Crippen LogP contribution in [-0.2, 0) is 11.3 Å². The number of nitro benzene ring substituents is 1. The number of hydrogen-bond acceptors (Lipinski definition) is 4. The van der Waals surface area contributed by atoms with Crippen LogP contribution in [0.5, 0.6) is 0 Å². The number of furan rings is 1. The molecule has 4 aromatic rings. The molecule has 7 heteroatoms. The second-order valence-electron chi connectivity index (χ2n) is 6.72. The third-order valence-corrected chi connectivity index (χ3v) is 4.93. The van der Waals surface area contributed by atoms with E-state index in [9.17, 15) is 14.9 Å². The predicted octanol–water partition coefficient (Wildman–Crippen LogP) is 4.51. The van der Waals surface area contributed by atoms with Crippen molar-refractivity contribution >= 4 is 22.5 Å². The first kappa shape index (κ1) is 18.5. The van der Waals surface area contributed by atoms with Crippen LogP contribution in [0.15, 0.2) is 77.5 Å². The molecule has 0 aliphatic heterocycles. The minimum absolute atomic E-state index is 0.00150. The van der Waals surface area contributed by atoms with Gasteiger partial charge in [-0.2, -0.15) is 0 Å². The fraction of sp³-hybridized carbons (Fsp3) is 0.136. The highest BCUT2D eigenvalue weighted by atomic mass is 16.6. The molecule has 0 spiro atoms. The molecule has 0 radical (unpaired) electrons. The lowest BCUT2D eigenvalue weighted by atomic mass is 9.87. The predicted molar refractivity (Wildman–Crippen MR) is 108 cm³/mol. The van der Waals surface area contributed by atoms with Gasteiger partial charge in [-0.3, -0.25) is 14.9 Å². The Bertz CT molecular complexity index is 1150. The zero-order valence-electron chi connectivity index (χ0n) is 15.5. The van der Waals surface area contributed by atoms with Gasteiger partial charge in [0.1, 0.15) is 5.76 Å². The zero-order valence-corrected chi connectivity index (χ0v) is 15.5. The number of nitrogens with one attached hydrogen (secondary N) is 2. The molecule has 146 valence electrons. The summed E-state index contributed by atoms with van der Waals surface area (Å²) in [4.78, 5) is 27.1. The summed E-state index contributed by atoms with van der Waals surface area (Å²) in [7, 11) is 0. The maximum Gasteiger partial charge on any atom is 0.273 e. The molecule has 0 bridgehead atoms. The van der Waals surface area contributed by atoms with Crippen LogP contribution in [-0.4, -0.2) is 15.8 Å². The lowest BCUT2D eigenvalue weighted by molar-refractivity contribution is -0.385. The molecular weight excluding hydrogens is 370 g/mol.